The molecule has 0 fully saturated rings. The van der Waals surface area contributed by atoms with Crippen molar-refractivity contribution in [1.29, 1.82) is 0 Å². The first-order valence-electron chi connectivity index (χ1n) is 4.48. The van der Waals surface area contributed by atoms with Crippen LogP contribution in [0.1, 0.15) is 34.1 Å². The zero-order valence-electron chi connectivity index (χ0n) is 8.85. The van der Waals surface area contributed by atoms with Gasteiger partial charge in [0.25, 0.3) is 0 Å². The van der Waals surface area contributed by atoms with Crippen molar-refractivity contribution in [3.8, 4) is 0 Å². The van der Waals surface area contributed by atoms with Crippen molar-refractivity contribution in [3.63, 3.8) is 0 Å². The van der Waals surface area contributed by atoms with Crippen LogP contribution < -0.4 is 5.32 Å². The van der Waals surface area contributed by atoms with Crippen LogP contribution in [-0.4, -0.2) is 23.2 Å². The molecule has 0 bridgehead atoms. The Morgan fingerprint density at radius 3 is 2.38 bits per heavy atom. The first kappa shape index (κ1) is 12.2. The second-order valence-corrected chi connectivity index (χ2v) is 4.16. The summed E-state index contributed by atoms with van der Waals surface area (Å²) in [5.41, 5.74) is 0.515. The molecule has 0 unspecified atom stereocenters. The minimum Gasteiger partial charge on any atom is -0.478 e. The van der Waals surface area contributed by atoms with Crippen molar-refractivity contribution in [1.82, 2.24) is 5.32 Å². The molecule has 2 N–H and O–H groups in total. The van der Waals surface area contributed by atoms with Gasteiger partial charge in [-0.1, -0.05) is 6.08 Å². The largest absolute Gasteiger partial charge is 0.478 e. The van der Waals surface area contributed by atoms with Crippen LogP contribution in [0.2, 0.25) is 0 Å². The number of carbonyl (C=O) groups is 1. The highest BCUT2D eigenvalue weighted by molar-refractivity contribution is 5.85. The zero-order valence-corrected chi connectivity index (χ0v) is 8.85. The molecule has 0 atom stereocenters. The highest BCUT2D eigenvalue weighted by Gasteiger charge is 2.06. The van der Waals surface area contributed by atoms with Crippen LogP contribution in [0.15, 0.2) is 11.6 Å². The van der Waals surface area contributed by atoms with E-state index < -0.39 is 5.97 Å². The van der Waals surface area contributed by atoms with Gasteiger partial charge in [-0.15, -0.1) is 0 Å². The summed E-state index contributed by atoms with van der Waals surface area (Å²) in [7, 11) is 0. The van der Waals surface area contributed by atoms with E-state index in [-0.39, 0.29) is 5.54 Å². The second kappa shape index (κ2) is 5.02. The smallest absolute Gasteiger partial charge is 0.330 e. The number of carboxylic acids is 1. The normalized spacial score (nSPS) is 13.1. The number of hydrogen-bond acceptors (Lipinski definition) is 2. The van der Waals surface area contributed by atoms with Gasteiger partial charge in [0, 0.05) is 11.1 Å². The minimum absolute atomic E-state index is 0.102. The summed E-state index contributed by atoms with van der Waals surface area (Å²) < 4.78 is 0. The van der Waals surface area contributed by atoms with E-state index in [0.29, 0.717) is 5.57 Å². The van der Waals surface area contributed by atoms with E-state index in [4.69, 9.17) is 5.11 Å². The van der Waals surface area contributed by atoms with E-state index in [0.717, 1.165) is 13.0 Å². The van der Waals surface area contributed by atoms with Gasteiger partial charge in [0.2, 0.25) is 0 Å². The summed E-state index contributed by atoms with van der Waals surface area (Å²) in [5.74, 6) is -0.837. The average Bonchev–Trinajstić information content (AvgIpc) is 1.95. The molecule has 0 heterocycles. The third-order valence-corrected chi connectivity index (χ3v) is 1.59. The highest BCUT2D eigenvalue weighted by atomic mass is 16.4. The van der Waals surface area contributed by atoms with E-state index in [1.165, 1.54) is 0 Å². The maximum Gasteiger partial charge on any atom is 0.330 e. The average molecular weight is 185 g/mol. The Kier molecular flexibility index (Phi) is 4.70. The maximum absolute atomic E-state index is 10.4. The molecule has 3 heteroatoms. The number of carboxylic acid groups (broad SMARTS) is 1. The Balaban J connectivity index is 3.68. The predicted octanol–water partition coefficient (Wildman–Crippen LogP) is 1.80. The van der Waals surface area contributed by atoms with Gasteiger partial charge in [0.05, 0.1) is 0 Å². The molecule has 0 saturated heterocycles. The number of rotatable bonds is 4. The summed E-state index contributed by atoms with van der Waals surface area (Å²) in [6.45, 7) is 8.68. The summed E-state index contributed by atoms with van der Waals surface area (Å²) in [6, 6.07) is 0. The zero-order chi connectivity index (χ0) is 10.5. The van der Waals surface area contributed by atoms with Crippen molar-refractivity contribution in [2.75, 3.05) is 6.54 Å². The summed E-state index contributed by atoms with van der Waals surface area (Å²) in [5, 5.41) is 11.8. The Morgan fingerprint density at radius 1 is 1.46 bits per heavy atom. The first-order valence-corrected chi connectivity index (χ1v) is 4.48. The van der Waals surface area contributed by atoms with E-state index in [1.54, 1.807) is 13.0 Å². The molecule has 0 amide bonds. The molecular formula is C10H19NO2. The van der Waals surface area contributed by atoms with Crippen LogP contribution in [-0.2, 0) is 4.79 Å². The molecule has 0 aliphatic rings. The van der Waals surface area contributed by atoms with E-state index in [1.807, 2.05) is 0 Å². The van der Waals surface area contributed by atoms with Crippen molar-refractivity contribution in [2.24, 2.45) is 0 Å². The quantitative estimate of drug-likeness (QED) is 0.518. The fourth-order valence-corrected chi connectivity index (χ4v) is 0.823. The molecule has 0 aromatic carbocycles. The van der Waals surface area contributed by atoms with Gasteiger partial charge in [-0.3, -0.25) is 0 Å². The van der Waals surface area contributed by atoms with E-state index in [9.17, 15) is 4.79 Å². The fraction of sp³-hybridized carbons (Fsp3) is 0.700. The Morgan fingerprint density at radius 2 is 2.00 bits per heavy atom. The molecule has 0 aliphatic carbocycles. The summed E-state index contributed by atoms with van der Waals surface area (Å²) >= 11 is 0. The molecule has 0 spiro atoms. The molecule has 0 aliphatic heterocycles. The highest BCUT2D eigenvalue weighted by Crippen LogP contribution is 1.99. The SMILES string of the molecule is C/C(=C\CCNC(C)(C)C)C(=O)O. The van der Waals surface area contributed by atoms with Gasteiger partial charge in [-0.25, -0.2) is 4.79 Å². The lowest BCUT2D eigenvalue weighted by Gasteiger charge is -2.19. The van der Waals surface area contributed by atoms with Crippen LogP contribution >= 0.6 is 0 Å². The standard InChI is InChI=1S/C10H19NO2/c1-8(9(12)13)6-5-7-11-10(2,3)4/h6,11H,5,7H2,1-4H3,(H,12,13)/b8-6+. The van der Waals surface area contributed by atoms with Crippen LogP contribution in [0.25, 0.3) is 0 Å². The Hall–Kier alpha value is -0.830. The lowest BCUT2D eigenvalue weighted by atomic mass is 10.1. The molecule has 76 valence electrons. The van der Waals surface area contributed by atoms with E-state index >= 15 is 0 Å². The van der Waals surface area contributed by atoms with Crippen molar-refractivity contribution < 1.29 is 9.90 Å². The number of nitrogens with one attached hydrogen (secondary N) is 1. The van der Waals surface area contributed by atoms with Gasteiger partial charge < -0.3 is 10.4 Å². The first-order chi connectivity index (χ1) is 5.83. The molecule has 3 nitrogen and oxygen atoms in total. The van der Waals surface area contributed by atoms with Crippen molar-refractivity contribution in [3.05, 3.63) is 11.6 Å². The van der Waals surface area contributed by atoms with Gasteiger partial charge >= 0.3 is 5.97 Å². The maximum atomic E-state index is 10.4. The van der Waals surface area contributed by atoms with Crippen LogP contribution in [0.3, 0.4) is 0 Å². The van der Waals surface area contributed by atoms with Crippen molar-refractivity contribution >= 4 is 5.97 Å². The fourth-order valence-electron chi connectivity index (χ4n) is 0.823. The van der Waals surface area contributed by atoms with Gasteiger partial charge in [-0.05, 0) is 40.7 Å². The molecular weight excluding hydrogens is 166 g/mol. The lowest BCUT2D eigenvalue weighted by molar-refractivity contribution is -0.132. The topological polar surface area (TPSA) is 49.3 Å². The third-order valence-electron chi connectivity index (χ3n) is 1.59. The van der Waals surface area contributed by atoms with Crippen LogP contribution in [0.5, 0.6) is 0 Å². The third kappa shape index (κ3) is 7.53. The van der Waals surface area contributed by atoms with Crippen LogP contribution in [0, 0.1) is 0 Å². The molecule has 0 radical (unpaired) electrons. The molecule has 13 heavy (non-hydrogen) atoms. The Labute approximate surface area is 79.8 Å². The van der Waals surface area contributed by atoms with Gasteiger partial charge in [0.15, 0.2) is 0 Å². The molecule has 0 saturated carbocycles. The monoisotopic (exact) mass is 185 g/mol. The Bertz CT molecular complexity index is 201. The molecule has 0 aromatic rings. The van der Waals surface area contributed by atoms with Gasteiger partial charge in [0.1, 0.15) is 0 Å². The minimum atomic E-state index is -0.837. The van der Waals surface area contributed by atoms with Gasteiger partial charge in [-0.2, -0.15) is 0 Å². The van der Waals surface area contributed by atoms with Crippen molar-refractivity contribution in [2.45, 2.75) is 39.7 Å². The number of aliphatic carboxylic acids is 1. The lowest BCUT2D eigenvalue weighted by Crippen LogP contribution is -2.36. The van der Waals surface area contributed by atoms with E-state index in [2.05, 4.69) is 26.1 Å². The second-order valence-electron chi connectivity index (χ2n) is 4.16. The summed E-state index contributed by atoms with van der Waals surface area (Å²) in [6.07, 6.45) is 2.50. The van der Waals surface area contributed by atoms with Crippen LogP contribution in [0.4, 0.5) is 0 Å². The summed E-state index contributed by atoms with van der Waals surface area (Å²) in [4.78, 5) is 10.4. The predicted molar refractivity (Wildman–Crippen MR) is 53.8 cm³/mol. The molecule has 0 aromatic heterocycles. The molecule has 0 rings (SSSR count). The number of hydrogen-bond donors (Lipinski definition) is 2.